The number of hydrogen-bond acceptors (Lipinski definition) is 7. The van der Waals surface area contributed by atoms with E-state index in [0.29, 0.717) is 28.4 Å². The summed E-state index contributed by atoms with van der Waals surface area (Å²) < 4.78 is 29.8. The Hall–Kier alpha value is -3.57. The molecule has 0 fully saturated rings. The number of rotatable bonds is 5. The van der Waals surface area contributed by atoms with E-state index < -0.39 is 28.5 Å². The van der Waals surface area contributed by atoms with Gasteiger partial charge in [0.25, 0.3) is 11.5 Å². The van der Waals surface area contributed by atoms with Crippen molar-refractivity contribution in [3.8, 4) is 0 Å². The number of esters is 1. The van der Waals surface area contributed by atoms with Crippen LogP contribution in [0.5, 0.6) is 0 Å². The number of anilines is 1. The van der Waals surface area contributed by atoms with Crippen LogP contribution in [0.1, 0.15) is 42.9 Å². The first kappa shape index (κ1) is 23.6. The van der Waals surface area contributed by atoms with Crippen LogP contribution < -0.4 is 15.6 Å². The first-order chi connectivity index (χ1) is 16.0. The van der Waals surface area contributed by atoms with E-state index in [9.17, 15) is 22.8 Å². The summed E-state index contributed by atoms with van der Waals surface area (Å²) in [6, 6.07) is 10.4. The van der Waals surface area contributed by atoms with E-state index in [0.717, 1.165) is 0 Å². The zero-order chi connectivity index (χ0) is 24.8. The van der Waals surface area contributed by atoms with Crippen molar-refractivity contribution in [3.63, 3.8) is 0 Å². The van der Waals surface area contributed by atoms with Crippen molar-refractivity contribution in [1.82, 2.24) is 9.78 Å². The van der Waals surface area contributed by atoms with Crippen LogP contribution in [0.15, 0.2) is 52.2 Å². The second-order valence-electron chi connectivity index (χ2n) is 8.47. The Morgan fingerprint density at radius 3 is 2.50 bits per heavy atom. The van der Waals surface area contributed by atoms with Gasteiger partial charge >= 0.3 is 5.97 Å². The fraction of sp³-hybridized carbons (Fsp3) is 0.304. The van der Waals surface area contributed by atoms with Crippen LogP contribution in [0.2, 0.25) is 0 Å². The van der Waals surface area contributed by atoms with E-state index in [-0.39, 0.29) is 28.2 Å². The molecule has 10 nitrogen and oxygen atoms in total. The van der Waals surface area contributed by atoms with E-state index in [1.165, 1.54) is 27.8 Å². The number of amides is 1. The summed E-state index contributed by atoms with van der Waals surface area (Å²) in [5.41, 5.74) is 0.831. The molecule has 2 heterocycles. The Labute approximate surface area is 196 Å². The zero-order valence-corrected chi connectivity index (χ0v) is 19.7. The van der Waals surface area contributed by atoms with Crippen LogP contribution in [0.3, 0.4) is 0 Å². The molecule has 1 aliphatic rings. The first-order valence-electron chi connectivity index (χ1n) is 10.7. The third-order valence-corrected chi connectivity index (χ3v) is 6.61. The lowest BCUT2D eigenvalue weighted by molar-refractivity contribution is -0.122. The van der Waals surface area contributed by atoms with Gasteiger partial charge in [-0.1, -0.05) is 18.2 Å². The topological polar surface area (TPSA) is 142 Å². The third kappa shape index (κ3) is 4.19. The quantitative estimate of drug-likeness (QED) is 0.544. The Balaban J connectivity index is 1.58. The Morgan fingerprint density at radius 1 is 1.18 bits per heavy atom. The Bertz CT molecular complexity index is 1480. The highest BCUT2D eigenvalue weighted by Gasteiger charge is 2.32. The number of nitrogens with two attached hydrogens (primary N) is 1. The van der Waals surface area contributed by atoms with Gasteiger partial charge in [-0.25, -0.2) is 23.0 Å². The summed E-state index contributed by atoms with van der Waals surface area (Å²) in [4.78, 5) is 40.0. The number of ether oxygens (including phenoxy) is 1. The van der Waals surface area contributed by atoms with Gasteiger partial charge in [-0.05, 0) is 57.0 Å². The molecule has 1 amide bonds. The second kappa shape index (κ2) is 8.65. The molecule has 1 unspecified atom stereocenters. The van der Waals surface area contributed by atoms with Gasteiger partial charge in [-0.3, -0.25) is 9.59 Å². The average molecular weight is 485 g/mol. The summed E-state index contributed by atoms with van der Waals surface area (Å²) in [5, 5.41) is 10.1. The molecule has 1 aromatic heterocycles. The standard InChI is InChI=1S/C23H24N4O6S/c1-13(2)27-22(29)18-7-5-4-6-17(18)21(25-27)23(30)33-12-20(28)26-14(3)10-15-11-16(34(24,31)32)8-9-19(15)26/h4-9,11,13-14H,10,12H2,1-3H3,(H2,24,31,32). The zero-order valence-electron chi connectivity index (χ0n) is 18.9. The molecule has 4 rings (SSSR count). The summed E-state index contributed by atoms with van der Waals surface area (Å²) in [5.74, 6) is -1.29. The highest BCUT2D eigenvalue weighted by atomic mass is 32.2. The average Bonchev–Trinajstić information content (AvgIpc) is 3.11. The van der Waals surface area contributed by atoms with Gasteiger partial charge < -0.3 is 9.64 Å². The normalized spacial score (nSPS) is 15.6. The lowest BCUT2D eigenvalue weighted by Gasteiger charge is -2.22. The fourth-order valence-electron chi connectivity index (χ4n) is 4.14. The van der Waals surface area contributed by atoms with Crippen LogP contribution in [0.25, 0.3) is 10.8 Å². The smallest absolute Gasteiger partial charge is 0.359 e. The largest absolute Gasteiger partial charge is 0.451 e. The van der Waals surface area contributed by atoms with E-state index in [1.807, 2.05) is 6.92 Å². The van der Waals surface area contributed by atoms with Crippen molar-refractivity contribution in [2.75, 3.05) is 11.5 Å². The molecule has 178 valence electrons. The second-order valence-corrected chi connectivity index (χ2v) is 10.0. The minimum atomic E-state index is -3.87. The lowest BCUT2D eigenvalue weighted by atomic mass is 10.1. The predicted molar refractivity (Wildman–Crippen MR) is 125 cm³/mol. The van der Waals surface area contributed by atoms with E-state index in [1.54, 1.807) is 38.1 Å². The van der Waals surface area contributed by atoms with Crippen molar-refractivity contribution in [1.29, 1.82) is 0 Å². The number of hydrogen-bond donors (Lipinski definition) is 1. The molecule has 0 aliphatic carbocycles. The third-order valence-electron chi connectivity index (χ3n) is 5.70. The first-order valence-corrected chi connectivity index (χ1v) is 12.2. The van der Waals surface area contributed by atoms with Crippen LogP contribution in [-0.2, 0) is 26.0 Å². The summed E-state index contributed by atoms with van der Waals surface area (Å²) in [6.45, 7) is 4.81. The number of benzene rings is 2. The molecule has 3 aromatic rings. The van der Waals surface area contributed by atoms with Gasteiger partial charge in [0.2, 0.25) is 10.0 Å². The van der Waals surface area contributed by atoms with Crippen LogP contribution in [-0.4, -0.2) is 42.7 Å². The predicted octanol–water partition coefficient (Wildman–Crippen LogP) is 1.76. The number of nitrogens with zero attached hydrogens (tertiary/aromatic N) is 3. The molecule has 0 radical (unpaired) electrons. The van der Waals surface area contributed by atoms with Crippen molar-refractivity contribution < 1.29 is 22.7 Å². The molecule has 2 N–H and O–H groups in total. The maximum atomic E-state index is 13.0. The van der Waals surface area contributed by atoms with Gasteiger partial charge in [-0.2, -0.15) is 5.10 Å². The van der Waals surface area contributed by atoms with Crippen LogP contribution >= 0.6 is 0 Å². The monoisotopic (exact) mass is 484 g/mol. The van der Waals surface area contributed by atoms with E-state index >= 15 is 0 Å². The van der Waals surface area contributed by atoms with E-state index in [4.69, 9.17) is 9.88 Å². The minimum Gasteiger partial charge on any atom is -0.451 e. The summed E-state index contributed by atoms with van der Waals surface area (Å²) in [7, 11) is -3.87. The number of carbonyl (C=O) groups excluding carboxylic acids is 2. The lowest BCUT2D eigenvalue weighted by Crippen LogP contribution is -2.39. The molecular formula is C23H24N4O6S. The minimum absolute atomic E-state index is 0.0302. The Kier molecular flexibility index (Phi) is 6.00. The van der Waals surface area contributed by atoms with Gasteiger partial charge in [0.05, 0.1) is 16.3 Å². The molecule has 1 atom stereocenters. The van der Waals surface area contributed by atoms with Gasteiger partial charge in [0, 0.05) is 17.1 Å². The molecule has 0 bridgehead atoms. The molecule has 2 aromatic carbocycles. The molecule has 0 saturated carbocycles. The molecular weight excluding hydrogens is 460 g/mol. The molecule has 34 heavy (non-hydrogen) atoms. The fourth-order valence-corrected chi connectivity index (χ4v) is 4.70. The highest BCUT2D eigenvalue weighted by molar-refractivity contribution is 7.89. The van der Waals surface area contributed by atoms with Crippen molar-refractivity contribution in [2.45, 2.75) is 44.2 Å². The van der Waals surface area contributed by atoms with Crippen LogP contribution in [0, 0.1) is 0 Å². The molecule has 11 heteroatoms. The number of sulfonamides is 1. The number of fused-ring (bicyclic) bond motifs is 2. The van der Waals surface area contributed by atoms with Crippen molar-refractivity contribution in [3.05, 3.63) is 64.1 Å². The molecule has 0 spiro atoms. The number of aromatic nitrogens is 2. The van der Waals surface area contributed by atoms with E-state index in [2.05, 4.69) is 5.10 Å². The SMILES string of the molecule is CC1Cc2cc(S(N)(=O)=O)ccc2N1C(=O)COC(=O)c1nn(C(C)C)c(=O)c2ccccc12. The maximum absolute atomic E-state index is 13.0. The van der Waals surface area contributed by atoms with Crippen molar-refractivity contribution >= 4 is 38.4 Å². The summed E-state index contributed by atoms with van der Waals surface area (Å²) in [6.07, 6.45) is 0.434. The number of carbonyl (C=O) groups is 2. The highest BCUT2D eigenvalue weighted by Crippen LogP contribution is 2.33. The molecule has 0 saturated heterocycles. The maximum Gasteiger partial charge on any atom is 0.359 e. The van der Waals surface area contributed by atoms with Gasteiger partial charge in [-0.15, -0.1) is 0 Å². The van der Waals surface area contributed by atoms with Crippen LogP contribution in [0.4, 0.5) is 5.69 Å². The molecule has 1 aliphatic heterocycles. The van der Waals surface area contributed by atoms with Gasteiger partial charge in [0.15, 0.2) is 12.3 Å². The van der Waals surface area contributed by atoms with Gasteiger partial charge in [0.1, 0.15) is 0 Å². The Morgan fingerprint density at radius 2 is 1.85 bits per heavy atom. The van der Waals surface area contributed by atoms with Crippen molar-refractivity contribution in [2.24, 2.45) is 5.14 Å². The summed E-state index contributed by atoms with van der Waals surface area (Å²) >= 11 is 0. The number of primary sulfonamides is 1.